The highest BCUT2D eigenvalue weighted by molar-refractivity contribution is 7.11. The summed E-state index contributed by atoms with van der Waals surface area (Å²) in [6.07, 6.45) is 0.787. The summed E-state index contributed by atoms with van der Waals surface area (Å²) < 4.78 is 12.7. The summed E-state index contributed by atoms with van der Waals surface area (Å²) >= 11 is 1.57. The summed E-state index contributed by atoms with van der Waals surface area (Å²) in [5.74, 6) is -0.401. The van der Waals surface area contributed by atoms with Crippen LogP contribution in [0.15, 0.2) is 18.3 Å². The van der Waals surface area contributed by atoms with Crippen molar-refractivity contribution < 1.29 is 9.50 Å². The van der Waals surface area contributed by atoms with E-state index in [-0.39, 0.29) is 0 Å². The summed E-state index contributed by atoms with van der Waals surface area (Å²) in [7, 11) is 0. The average Bonchev–Trinajstić information content (AvgIpc) is 2.58. The molecule has 0 aromatic carbocycles. The number of hydrogen-bond donors (Lipinski definition) is 1. The van der Waals surface area contributed by atoms with Gasteiger partial charge in [0.1, 0.15) is 11.9 Å². The molecular formula is C12H13FN2OS. The lowest BCUT2D eigenvalue weighted by molar-refractivity contribution is 0.173. The summed E-state index contributed by atoms with van der Waals surface area (Å²) in [6, 6.07) is 2.79. The predicted octanol–water partition coefficient (Wildman–Crippen LogP) is 2.57. The molecule has 0 radical (unpaired) electrons. The van der Waals surface area contributed by atoms with Crippen LogP contribution in [0.3, 0.4) is 0 Å². The molecule has 2 rings (SSSR count). The largest absolute Gasteiger partial charge is 0.386 e. The third-order valence-electron chi connectivity index (χ3n) is 2.53. The molecule has 3 nitrogen and oxygen atoms in total. The highest BCUT2D eigenvalue weighted by Gasteiger charge is 2.13. The minimum absolute atomic E-state index is 0.401. The smallest absolute Gasteiger partial charge is 0.141 e. The van der Waals surface area contributed by atoms with E-state index in [4.69, 9.17) is 0 Å². The van der Waals surface area contributed by atoms with Crippen molar-refractivity contribution >= 4 is 11.3 Å². The Morgan fingerprint density at radius 2 is 2.18 bits per heavy atom. The molecule has 90 valence electrons. The van der Waals surface area contributed by atoms with Crippen LogP contribution in [0.2, 0.25) is 0 Å². The summed E-state index contributed by atoms with van der Waals surface area (Å²) in [5.41, 5.74) is 1.46. The van der Waals surface area contributed by atoms with Crippen LogP contribution >= 0.6 is 11.3 Å². The SMILES string of the molecule is Cc1nc(CC(O)c2ccc(F)cn2)sc1C. The van der Waals surface area contributed by atoms with Gasteiger partial charge < -0.3 is 5.11 Å². The second-order valence-electron chi connectivity index (χ2n) is 3.87. The van der Waals surface area contributed by atoms with Gasteiger partial charge in [-0.2, -0.15) is 0 Å². The average molecular weight is 252 g/mol. The Hall–Kier alpha value is -1.33. The Kier molecular flexibility index (Phi) is 3.49. The first-order valence-electron chi connectivity index (χ1n) is 5.28. The Labute approximate surface area is 103 Å². The lowest BCUT2D eigenvalue weighted by Crippen LogP contribution is -2.04. The van der Waals surface area contributed by atoms with E-state index in [1.54, 1.807) is 11.3 Å². The molecule has 0 aliphatic heterocycles. The standard InChI is InChI=1S/C12H13FN2OS/c1-7-8(2)17-12(15-7)5-11(16)10-4-3-9(13)6-14-10/h3-4,6,11,16H,5H2,1-2H3. The topological polar surface area (TPSA) is 46.0 Å². The number of aryl methyl sites for hydroxylation is 2. The Morgan fingerprint density at radius 3 is 2.71 bits per heavy atom. The minimum Gasteiger partial charge on any atom is -0.386 e. The predicted molar refractivity (Wildman–Crippen MR) is 64.4 cm³/mol. The van der Waals surface area contributed by atoms with Gasteiger partial charge in [-0.1, -0.05) is 0 Å². The molecule has 2 aromatic rings. The van der Waals surface area contributed by atoms with Crippen LogP contribution < -0.4 is 0 Å². The number of rotatable bonds is 3. The molecule has 0 aliphatic carbocycles. The number of aromatic nitrogens is 2. The van der Waals surface area contributed by atoms with Gasteiger partial charge in [-0.15, -0.1) is 11.3 Å². The number of halogens is 1. The molecule has 0 fully saturated rings. The van der Waals surface area contributed by atoms with Crippen LogP contribution in [0.25, 0.3) is 0 Å². The zero-order chi connectivity index (χ0) is 12.4. The van der Waals surface area contributed by atoms with Crippen LogP contribution in [0.4, 0.5) is 4.39 Å². The third kappa shape index (κ3) is 2.87. The zero-order valence-corrected chi connectivity index (χ0v) is 10.5. The highest BCUT2D eigenvalue weighted by atomic mass is 32.1. The van der Waals surface area contributed by atoms with Crippen molar-refractivity contribution in [2.75, 3.05) is 0 Å². The highest BCUT2D eigenvalue weighted by Crippen LogP contribution is 2.22. The molecule has 0 aliphatic rings. The van der Waals surface area contributed by atoms with Crippen molar-refractivity contribution in [1.29, 1.82) is 0 Å². The van der Waals surface area contributed by atoms with Crippen molar-refractivity contribution in [2.45, 2.75) is 26.4 Å². The van der Waals surface area contributed by atoms with E-state index < -0.39 is 11.9 Å². The quantitative estimate of drug-likeness (QED) is 0.913. The number of aliphatic hydroxyl groups excluding tert-OH is 1. The van der Waals surface area contributed by atoms with Gasteiger partial charge in [-0.25, -0.2) is 9.37 Å². The van der Waals surface area contributed by atoms with Crippen molar-refractivity contribution in [3.8, 4) is 0 Å². The Balaban J connectivity index is 2.11. The van der Waals surface area contributed by atoms with Gasteiger partial charge in [0, 0.05) is 11.3 Å². The van der Waals surface area contributed by atoms with Crippen molar-refractivity contribution in [3.05, 3.63) is 45.4 Å². The molecule has 1 N–H and O–H groups in total. The zero-order valence-electron chi connectivity index (χ0n) is 9.64. The van der Waals surface area contributed by atoms with Crippen LogP contribution in [0.5, 0.6) is 0 Å². The van der Waals surface area contributed by atoms with Crippen molar-refractivity contribution in [2.24, 2.45) is 0 Å². The molecule has 2 aromatic heterocycles. The number of thiazole rings is 1. The Morgan fingerprint density at radius 1 is 1.41 bits per heavy atom. The minimum atomic E-state index is -0.736. The lowest BCUT2D eigenvalue weighted by atomic mass is 10.2. The second kappa shape index (κ2) is 4.89. The fourth-order valence-electron chi connectivity index (χ4n) is 1.48. The van der Waals surface area contributed by atoms with E-state index in [1.807, 2.05) is 13.8 Å². The van der Waals surface area contributed by atoms with E-state index in [2.05, 4.69) is 9.97 Å². The number of aliphatic hydroxyl groups is 1. The molecule has 5 heteroatoms. The fourth-order valence-corrected chi connectivity index (χ4v) is 2.45. The van der Waals surface area contributed by atoms with Crippen LogP contribution in [0.1, 0.15) is 27.4 Å². The van der Waals surface area contributed by atoms with Crippen molar-refractivity contribution in [3.63, 3.8) is 0 Å². The molecule has 0 bridgehead atoms. The van der Waals surface area contributed by atoms with Gasteiger partial charge in [0.15, 0.2) is 0 Å². The first kappa shape index (κ1) is 12.1. The first-order chi connectivity index (χ1) is 8.06. The molecular weight excluding hydrogens is 239 g/mol. The van der Waals surface area contributed by atoms with Crippen molar-refractivity contribution in [1.82, 2.24) is 9.97 Å². The third-order valence-corrected chi connectivity index (χ3v) is 3.63. The van der Waals surface area contributed by atoms with E-state index in [1.165, 1.54) is 12.1 Å². The van der Waals surface area contributed by atoms with Gasteiger partial charge in [-0.3, -0.25) is 4.98 Å². The van der Waals surface area contributed by atoms with Gasteiger partial charge in [0.25, 0.3) is 0 Å². The molecule has 17 heavy (non-hydrogen) atoms. The van der Waals surface area contributed by atoms with Gasteiger partial charge in [0.2, 0.25) is 0 Å². The van der Waals surface area contributed by atoms with Gasteiger partial charge in [-0.05, 0) is 26.0 Å². The monoisotopic (exact) mass is 252 g/mol. The Bertz CT molecular complexity index is 490. The molecule has 2 heterocycles. The number of nitrogens with zero attached hydrogens (tertiary/aromatic N) is 2. The summed E-state index contributed by atoms with van der Waals surface area (Å²) in [4.78, 5) is 9.36. The molecule has 1 unspecified atom stereocenters. The maximum absolute atomic E-state index is 12.7. The fraction of sp³-hybridized carbons (Fsp3) is 0.333. The molecule has 0 saturated heterocycles. The maximum Gasteiger partial charge on any atom is 0.141 e. The van der Waals surface area contributed by atoms with Crippen LogP contribution in [0, 0.1) is 19.7 Å². The van der Waals surface area contributed by atoms with Crippen LogP contribution in [-0.4, -0.2) is 15.1 Å². The lowest BCUT2D eigenvalue weighted by Gasteiger charge is -2.07. The van der Waals surface area contributed by atoms with E-state index in [0.29, 0.717) is 12.1 Å². The maximum atomic E-state index is 12.7. The first-order valence-corrected chi connectivity index (χ1v) is 6.10. The number of hydrogen-bond acceptors (Lipinski definition) is 4. The van der Waals surface area contributed by atoms with E-state index in [0.717, 1.165) is 21.8 Å². The van der Waals surface area contributed by atoms with E-state index in [9.17, 15) is 9.50 Å². The summed E-state index contributed by atoms with van der Waals surface area (Å²) in [5, 5.41) is 10.8. The molecule has 0 amide bonds. The van der Waals surface area contributed by atoms with Gasteiger partial charge in [0.05, 0.1) is 22.6 Å². The van der Waals surface area contributed by atoms with E-state index >= 15 is 0 Å². The normalized spacial score (nSPS) is 12.7. The number of pyridine rings is 1. The molecule has 0 saturated carbocycles. The molecule has 0 spiro atoms. The van der Waals surface area contributed by atoms with Gasteiger partial charge >= 0.3 is 0 Å². The second-order valence-corrected chi connectivity index (χ2v) is 5.16. The molecule has 1 atom stereocenters. The summed E-state index contributed by atoms with van der Waals surface area (Å²) in [6.45, 7) is 3.94. The van der Waals surface area contributed by atoms with Crippen LogP contribution in [-0.2, 0) is 6.42 Å².